The van der Waals surface area contributed by atoms with Crippen molar-refractivity contribution in [2.45, 2.75) is 13.0 Å². The van der Waals surface area contributed by atoms with Crippen molar-refractivity contribution in [2.24, 2.45) is 0 Å². The van der Waals surface area contributed by atoms with Gasteiger partial charge in [0, 0.05) is 11.6 Å². The van der Waals surface area contributed by atoms with Crippen LogP contribution < -0.4 is 11.1 Å². The van der Waals surface area contributed by atoms with Crippen molar-refractivity contribution in [1.29, 1.82) is 0 Å². The number of anilines is 1. The first-order chi connectivity index (χ1) is 9.90. The SMILES string of the molecule is CC(NC(=O)c1cc(Cl)c(N)c([N+](=O)[O-])c1)c1nn[nH]n1. The van der Waals surface area contributed by atoms with Gasteiger partial charge in [-0.25, -0.2) is 0 Å². The molecule has 0 saturated heterocycles. The minimum atomic E-state index is -0.708. The molecule has 0 radical (unpaired) electrons. The number of nitrogens with two attached hydrogens (primary N) is 1. The number of rotatable bonds is 4. The zero-order chi connectivity index (χ0) is 15.6. The normalized spacial score (nSPS) is 11.9. The van der Waals surface area contributed by atoms with Gasteiger partial charge in [0.1, 0.15) is 5.69 Å². The molecule has 2 aromatic rings. The number of carbonyl (C=O) groups is 1. The fourth-order valence-corrected chi connectivity index (χ4v) is 1.80. The fraction of sp³-hybridized carbons (Fsp3) is 0.200. The number of benzene rings is 1. The number of amides is 1. The molecule has 2 rings (SSSR count). The molecule has 11 heteroatoms. The first kappa shape index (κ1) is 14.7. The Morgan fingerprint density at radius 2 is 2.29 bits per heavy atom. The minimum Gasteiger partial charge on any atom is -0.392 e. The fourth-order valence-electron chi connectivity index (χ4n) is 1.58. The molecule has 0 aliphatic heterocycles. The molecule has 0 saturated carbocycles. The number of carbonyl (C=O) groups excluding carboxylic acids is 1. The summed E-state index contributed by atoms with van der Waals surface area (Å²) in [7, 11) is 0. The smallest absolute Gasteiger partial charge is 0.294 e. The number of nitro groups is 1. The van der Waals surface area contributed by atoms with Gasteiger partial charge in [0.25, 0.3) is 11.6 Å². The Bertz CT molecular complexity index is 688. The van der Waals surface area contributed by atoms with E-state index in [-0.39, 0.29) is 22.1 Å². The van der Waals surface area contributed by atoms with Crippen LogP contribution in [0.1, 0.15) is 29.1 Å². The lowest BCUT2D eigenvalue weighted by molar-refractivity contribution is -0.383. The Balaban J connectivity index is 2.25. The number of hydrogen-bond donors (Lipinski definition) is 3. The van der Waals surface area contributed by atoms with Crippen molar-refractivity contribution in [3.05, 3.63) is 38.7 Å². The highest BCUT2D eigenvalue weighted by atomic mass is 35.5. The average Bonchev–Trinajstić information content (AvgIpc) is 2.95. The van der Waals surface area contributed by atoms with Crippen LogP contribution in [-0.2, 0) is 0 Å². The number of aromatic nitrogens is 4. The number of halogens is 1. The maximum atomic E-state index is 12.1. The maximum absolute atomic E-state index is 12.1. The van der Waals surface area contributed by atoms with Crippen molar-refractivity contribution >= 4 is 28.9 Å². The predicted molar refractivity (Wildman–Crippen MR) is 72.6 cm³/mol. The summed E-state index contributed by atoms with van der Waals surface area (Å²) in [5.41, 5.74) is 4.88. The molecule has 0 fully saturated rings. The van der Waals surface area contributed by atoms with Crippen LogP contribution in [0, 0.1) is 10.1 Å². The van der Waals surface area contributed by atoms with Crippen molar-refractivity contribution in [3.8, 4) is 0 Å². The van der Waals surface area contributed by atoms with Crippen LogP contribution in [0.3, 0.4) is 0 Å². The van der Waals surface area contributed by atoms with E-state index < -0.39 is 22.6 Å². The molecule has 1 amide bonds. The lowest BCUT2D eigenvalue weighted by Crippen LogP contribution is -2.27. The van der Waals surface area contributed by atoms with E-state index in [4.69, 9.17) is 17.3 Å². The second-order valence-electron chi connectivity index (χ2n) is 4.11. The van der Waals surface area contributed by atoms with Gasteiger partial charge >= 0.3 is 0 Å². The summed E-state index contributed by atoms with van der Waals surface area (Å²) in [6.45, 7) is 1.63. The first-order valence-corrected chi connectivity index (χ1v) is 6.05. The molecule has 1 heterocycles. The van der Waals surface area contributed by atoms with Crippen LogP contribution in [0.25, 0.3) is 0 Å². The minimum absolute atomic E-state index is 0.0104. The summed E-state index contributed by atoms with van der Waals surface area (Å²) in [6.07, 6.45) is 0. The van der Waals surface area contributed by atoms with E-state index in [0.29, 0.717) is 0 Å². The summed E-state index contributed by atoms with van der Waals surface area (Å²) in [4.78, 5) is 22.2. The molecule has 1 unspecified atom stereocenters. The third-order valence-corrected chi connectivity index (χ3v) is 2.98. The highest BCUT2D eigenvalue weighted by molar-refractivity contribution is 6.34. The first-order valence-electron chi connectivity index (χ1n) is 5.67. The van der Waals surface area contributed by atoms with Gasteiger partial charge in [-0.15, -0.1) is 10.2 Å². The van der Waals surface area contributed by atoms with Gasteiger partial charge in [0.15, 0.2) is 5.82 Å². The van der Waals surface area contributed by atoms with Crippen LogP contribution in [0.5, 0.6) is 0 Å². The van der Waals surface area contributed by atoms with E-state index in [1.54, 1.807) is 6.92 Å². The van der Waals surface area contributed by atoms with Gasteiger partial charge in [0.2, 0.25) is 0 Å². The van der Waals surface area contributed by atoms with Crippen molar-refractivity contribution < 1.29 is 9.72 Å². The number of nitrogens with one attached hydrogen (secondary N) is 2. The molecule has 0 spiro atoms. The largest absolute Gasteiger partial charge is 0.392 e. The summed E-state index contributed by atoms with van der Waals surface area (Å²) in [5, 5.41) is 26.4. The molecular formula is C10H10ClN7O3. The highest BCUT2D eigenvalue weighted by Crippen LogP contribution is 2.30. The number of nitrogen functional groups attached to an aromatic ring is 1. The number of nitrogens with zero attached hydrogens (tertiary/aromatic N) is 4. The van der Waals surface area contributed by atoms with E-state index in [1.807, 2.05) is 0 Å². The standard InChI is InChI=1S/C10H10ClN7O3/c1-4(9-14-16-17-15-9)13-10(19)5-2-6(11)8(12)7(3-5)18(20)21/h2-4H,12H2,1H3,(H,13,19)(H,14,15,16,17). The summed E-state index contributed by atoms with van der Waals surface area (Å²) in [6, 6.07) is 1.77. The molecular weight excluding hydrogens is 302 g/mol. The third kappa shape index (κ3) is 3.05. The Labute approximate surface area is 122 Å². The molecule has 0 aliphatic carbocycles. The van der Waals surface area contributed by atoms with E-state index in [0.717, 1.165) is 6.07 Å². The topological polar surface area (TPSA) is 153 Å². The Morgan fingerprint density at radius 1 is 1.57 bits per heavy atom. The monoisotopic (exact) mass is 311 g/mol. The van der Waals surface area contributed by atoms with Gasteiger partial charge in [-0.1, -0.05) is 16.8 Å². The second kappa shape index (κ2) is 5.71. The molecule has 1 aromatic carbocycles. The summed E-state index contributed by atoms with van der Waals surface area (Å²) in [5.74, 6) is -0.295. The summed E-state index contributed by atoms with van der Waals surface area (Å²) < 4.78 is 0. The van der Waals surface area contributed by atoms with Crippen molar-refractivity contribution in [2.75, 3.05) is 5.73 Å². The quantitative estimate of drug-likeness (QED) is 0.429. The van der Waals surface area contributed by atoms with Gasteiger partial charge in [0.05, 0.1) is 16.0 Å². The molecule has 1 aromatic heterocycles. The van der Waals surface area contributed by atoms with E-state index in [9.17, 15) is 14.9 Å². The van der Waals surface area contributed by atoms with Crippen molar-refractivity contribution in [3.63, 3.8) is 0 Å². The Kier molecular flexibility index (Phi) is 3.98. The average molecular weight is 312 g/mol. The van der Waals surface area contributed by atoms with Crippen LogP contribution in [0.4, 0.5) is 11.4 Å². The van der Waals surface area contributed by atoms with Gasteiger partial charge in [-0.3, -0.25) is 14.9 Å². The Hall–Kier alpha value is -2.75. The number of hydrogen-bond acceptors (Lipinski definition) is 7. The molecule has 110 valence electrons. The molecule has 21 heavy (non-hydrogen) atoms. The molecule has 1 atom stereocenters. The van der Waals surface area contributed by atoms with E-state index in [2.05, 4.69) is 25.9 Å². The maximum Gasteiger partial charge on any atom is 0.294 e. The lowest BCUT2D eigenvalue weighted by atomic mass is 10.1. The van der Waals surface area contributed by atoms with Crippen molar-refractivity contribution in [1.82, 2.24) is 25.9 Å². The second-order valence-corrected chi connectivity index (χ2v) is 4.52. The molecule has 0 aliphatic rings. The number of nitro benzene ring substituents is 1. The molecule has 4 N–H and O–H groups in total. The van der Waals surface area contributed by atoms with Gasteiger partial charge < -0.3 is 11.1 Å². The highest BCUT2D eigenvalue weighted by Gasteiger charge is 2.21. The van der Waals surface area contributed by atoms with E-state index in [1.165, 1.54) is 6.07 Å². The van der Waals surface area contributed by atoms with Crippen LogP contribution in [-0.4, -0.2) is 31.5 Å². The van der Waals surface area contributed by atoms with Crippen LogP contribution in [0.2, 0.25) is 5.02 Å². The van der Waals surface area contributed by atoms with Gasteiger partial charge in [-0.05, 0) is 13.0 Å². The number of aromatic amines is 1. The zero-order valence-corrected chi connectivity index (χ0v) is 11.5. The Morgan fingerprint density at radius 3 is 2.86 bits per heavy atom. The predicted octanol–water partition coefficient (Wildman–Crippen LogP) is 0.834. The molecule has 0 bridgehead atoms. The lowest BCUT2D eigenvalue weighted by Gasteiger charge is -2.10. The number of H-pyrrole nitrogens is 1. The van der Waals surface area contributed by atoms with Crippen LogP contribution in [0.15, 0.2) is 12.1 Å². The van der Waals surface area contributed by atoms with Crippen LogP contribution >= 0.6 is 11.6 Å². The van der Waals surface area contributed by atoms with E-state index >= 15 is 0 Å². The number of tetrazole rings is 1. The zero-order valence-electron chi connectivity index (χ0n) is 10.7. The molecule has 10 nitrogen and oxygen atoms in total. The third-order valence-electron chi connectivity index (χ3n) is 2.66. The van der Waals surface area contributed by atoms with Gasteiger partial charge in [-0.2, -0.15) is 5.21 Å². The summed E-state index contributed by atoms with van der Waals surface area (Å²) >= 11 is 5.79.